The van der Waals surface area contributed by atoms with Gasteiger partial charge in [-0.3, -0.25) is 0 Å². The molecular formula is C19H20ClNO5. The zero-order chi connectivity index (χ0) is 19.2. The van der Waals surface area contributed by atoms with Crippen LogP contribution in [0.5, 0.6) is 11.5 Å². The van der Waals surface area contributed by atoms with Crippen LogP contribution in [0, 0.1) is 0 Å². The van der Waals surface area contributed by atoms with E-state index in [0.717, 1.165) is 5.56 Å². The van der Waals surface area contributed by atoms with Crippen molar-refractivity contribution in [2.75, 3.05) is 0 Å². The third-order valence-electron chi connectivity index (χ3n) is 2.99. The van der Waals surface area contributed by atoms with Crippen molar-refractivity contribution in [1.82, 2.24) is 5.32 Å². The Labute approximate surface area is 157 Å². The minimum Gasteiger partial charge on any atom is -0.444 e. The maximum atomic E-state index is 11.8. The maximum Gasteiger partial charge on any atom is 0.519 e. The van der Waals surface area contributed by atoms with Gasteiger partial charge in [0.2, 0.25) is 0 Å². The van der Waals surface area contributed by atoms with Gasteiger partial charge in [-0.2, -0.15) is 0 Å². The molecule has 0 aromatic heterocycles. The number of hydrogen-bond acceptors (Lipinski definition) is 5. The van der Waals surface area contributed by atoms with Crippen LogP contribution in [0.15, 0.2) is 48.5 Å². The maximum absolute atomic E-state index is 11.8. The lowest BCUT2D eigenvalue weighted by atomic mass is 10.2. The van der Waals surface area contributed by atoms with Gasteiger partial charge < -0.3 is 19.5 Å². The van der Waals surface area contributed by atoms with Gasteiger partial charge in [0.25, 0.3) is 0 Å². The van der Waals surface area contributed by atoms with Crippen molar-refractivity contribution in [1.29, 1.82) is 0 Å². The van der Waals surface area contributed by atoms with E-state index in [1.807, 2.05) is 0 Å². The van der Waals surface area contributed by atoms with Crippen molar-refractivity contribution in [3.63, 3.8) is 0 Å². The van der Waals surface area contributed by atoms with Gasteiger partial charge in [-0.15, -0.1) is 0 Å². The molecule has 0 unspecified atom stereocenters. The van der Waals surface area contributed by atoms with Crippen LogP contribution in [0.4, 0.5) is 9.59 Å². The van der Waals surface area contributed by atoms with Gasteiger partial charge in [0.1, 0.15) is 11.4 Å². The zero-order valence-electron chi connectivity index (χ0n) is 14.7. The molecule has 0 spiro atoms. The molecule has 0 fully saturated rings. The van der Waals surface area contributed by atoms with E-state index in [9.17, 15) is 9.59 Å². The van der Waals surface area contributed by atoms with E-state index in [-0.39, 0.29) is 5.75 Å². The van der Waals surface area contributed by atoms with Crippen LogP contribution in [0.2, 0.25) is 5.02 Å². The lowest BCUT2D eigenvalue weighted by Crippen LogP contribution is -2.32. The van der Waals surface area contributed by atoms with Crippen LogP contribution in [0.25, 0.3) is 0 Å². The van der Waals surface area contributed by atoms with E-state index in [0.29, 0.717) is 17.3 Å². The molecule has 0 atom stereocenters. The molecule has 0 saturated heterocycles. The summed E-state index contributed by atoms with van der Waals surface area (Å²) in [4.78, 5) is 23.4. The second-order valence-corrected chi connectivity index (χ2v) is 6.79. The SMILES string of the molecule is CC(C)(C)OC(=O)NCc1ccc(OC(=O)Oc2ccccc2Cl)cc1. The highest BCUT2D eigenvalue weighted by molar-refractivity contribution is 6.32. The van der Waals surface area contributed by atoms with Crippen LogP contribution >= 0.6 is 11.6 Å². The summed E-state index contributed by atoms with van der Waals surface area (Å²) in [5.74, 6) is 0.528. The molecule has 0 aliphatic heterocycles. The fourth-order valence-electron chi connectivity index (χ4n) is 1.90. The number of para-hydroxylation sites is 1. The number of amides is 1. The molecule has 0 bridgehead atoms. The number of halogens is 1. The number of benzene rings is 2. The Kier molecular flexibility index (Phi) is 6.46. The summed E-state index contributed by atoms with van der Waals surface area (Å²) in [6.07, 6.45) is -1.39. The average molecular weight is 378 g/mol. The Morgan fingerprint density at radius 3 is 2.27 bits per heavy atom. The first-order valence-corrected chi connectivity index (χ1v) is 8.31. The fraction of sp³-hybridized carbons (Fsp3) is 0.263. The highest BCUT2D eigenvalue weighted by Gasteiger charge is 2.15. The molecule has 1 amide bonds. The molecule has 0 aliphatic rings. The quantitative estimate of drug-likeness (QED) is 0.603. The minimum atomic E-state index is -0.891. The molecule has 0 saturated carbocycles. The highest BCUT2D eigenvalue weighted by atomic mass is 35.5. The van der Waals surface area contributed by atoms with E-state index in [4.69, 9.17) is 25.8 Å². The Bertz CT molecular complexity index is 768. The summed E-state index contributed by atoms with van der Waals surface area (Å²) in [7, 11) is 0. The van der Waals surface area contributed by atoms with Crippen molar-refractivity contribution >= 4 is 23.8 Å². The van der Waals surface area contributed by atoms with Crippen molar-refractivity contribution in [3.8, 4) is 11.5 Å². The molecular weight excluding hydrogens is 358 g/mol. The molecule has 26 heavy (non-hydrogen) atoms. The third kappa shape index (κ3) is 6.64. The molecule has 0 radical (unpaired) electrons. The predicted molar refractivity (Wildman–Crippen MR) is 97.6 cm³/mol. The molecule has 2 aromatic carbocycles. The van der Waals surface area contributed by atoms with Crippen LogP contribution in [-0.2, 0) is 11.3 Å². The topological polar surface area (TPSA) is 73.9 Å². The summed E-state index contributed by atoms with van der Waals surface area (Å²) >= 11 is 5.91. The molecule has 138 valence electrons. The fourth-order valence-corrected chi connectivity index (χ4v) is 2.07. The number of nitrogens with one attached hydrogen (secondary N) is 1. The van der Waals surface area contributed by atoms with Gasteiger partial charge in [-0.25, -0.2) is 9.59 Å². The van der Waals surface area contributed by atoms with Gasteiger partial charge in [0.15, 0.2) is 5.75 Å². The first-order chi connectivity index (χ1) is 12.2. The molecule has 7 heteroatoms. The summed E-state index contributed by atoms with van der Waals surface area (Å²) in [6, 6.07) is 13.2. The number of alkyl carbamates (subject to hydrolysis) is 1. The first-order valence-electron chi connectivity index (χ1n) is 7.93. The van der Waals surface area contributed by atoms with E-state index in [1.165, 1.54) is 0 Å². The molecule has 0 aliphatic carbocycles. The second kappa shape index (κ2) is 8.58. The number of hydrogen-bond donors (Lipinski definition) is 1. The highest BCUT2D eigenvalue weighted by Crippen LogP contribution is 2.24. The monoisotopic (exact) mass is 377 g/mol. The van der Waals surface area contributed by atoms with Crippen LogP contribution < -0.4 is 14.8 Å². The minimum absolute atomic E-state index is 0.220. The van der Waals surface area contributed by atoms with Crippen molar-refractivity contribution < 1.29 is 23.8 Å². The van der Waals surface area contributed by atoms with Crippen LogP contribution in [0.1, 0.15) is 26.3 Å². The third-order valence-corrected chi connectivity index (χ3v) is 3.30. The molecule has 6 nitrogen and oxygen atoms in total. The van der Waals surface area contributed by atoms with E-state index in [1.54, 1.807) is 69.3 Å². The van der Waals surface area contributed by atoms with Crippen molar-refractivity contribution in [2.45, 2.75) is 32.9 Å². The Morgan fingerprint density at radius 2 is 1.65 bits per heavy atom. The number of carbonyl (C=O) groups is 2. The standard InChI is InChI=1S/C19H20ClNO5/c1-19(2,3)26-17(22)21-12-13-8-10-14(11-9-13)24-18(23)25-16-7-5-4-6-15(16)20/h4-11H,12H2,1-3H3,(H,21,22). The predicted octanol–water partition coefficient (Wildman–Crippen LogP) is 4.94. The normalized spacial score (nSPS) is 10.8. The smallest absolute Gasteiger partial charge is 0.444 e. The molecule has 2 rings (SSSR count). The average Bonchev–Trinajstić information content (AvgIpc) is 2.55. The van der Waals surface area contributed by atoms with E-state index in [2.05, 4.69) is 5.32 Å². The number of carbonyl (C=O) groups excluding carboxylic acids is 2. The Hall–Kier alpha value is -2.73. The van der Waals surface area contributed by atoms with Gasteiger partial charge in [0.05, 0.1) is 5.02 Å². The second-order valence-electron chi connectivity index (χ2n) is 6.38. The summed E-state index contributed by atoms with van der Waals surface area (Å²) < 4.78 is 15.3. The van der Waals surface area contributed by atoms with Crippen molar-refractivity contribution in [3.05, 3.63) is 59.1 Å². The van der Waals surface area contributed by atoms with Crippen LogP contribution in [0.3, 0.4) is 0 Å². The molecule has 2 aromatic rings. The van der Waals surface area contributed by atoms with Gasteiger partial charge in [-0.05, 0) is 50.6 Å². The van der Waals surface area contributed by atoms with E-state index >= 15 is 0 Å². The first kappa shape index (κ1) is 19.6. The number of ether oxygens (including phenoxy) is 3. The lowest BCUT2D eigenvalue weighted by Gasteiger charge is -2.19. The van der Waals surface area contributed by atoms with Crippen molar-refractivity contribution in [2.24, 2.45) is 0 Å². The molecule has 1 N–H and O–H groups in total. The Morgan fingerprint density at radius 1 is 1.00 bits per heavy atom. The van der Waals surface area contributed by atoms with E-state index < -0.39 is 17.8 Å². The van der Waals surface area contributed by atoms with Gasteiger partial charge >= 0.3 is 12.2 Å². The van der Waals surface area contributed by atoms with Gasteiger partial charge in [0, 0.05) is 6.54 Å². The summed E-state index contributed by atoms with van der Waals surface area (Å²) in [6.45, 7) is 5.67. The largest absolute Gasteiger partial charge is 0.519 e. The summed E-state index contributed by atoms with van der Waals surface area (Å²) in [5.41, 5.74) is 0.270. The van der Waals surface area contributed by atoms with Gasteiger partial charge in [-0.1, -0.05) is 35.9 Å². The zero-order valence-corrected chi connectivity index (χ0v) is 15.5. The lowest BCUT2D eigenvalue weighted by molar-refractivity contribution is 0.0523. The Balaban J connectivity index is 1.84. The summed E-state index contributed by atoms with van der Waals surface area (Å²) in [5, 5.41) is 2.96. The van der Waals surface area contributed by atoms with Crippen LogP contribution in [-0.4, -0.2) is 17.8 Å². The number of rotatable bonds is 4. The molecule has 0 heterocycles.